The van der Waals surface area contributed by atoms with Gasteiger partial charge in [0.15, 0.2) is 0 Å². The number of hydrogen-bond donors (Lipinski definition) is 3. The standard InChI is InChI=1S/C14H10N4O3/c15-6-8-9(7-4-2-1-3-5-7)10-12(19)17-14(20)18-13(10)21-11(8)16/h1-5,8-9,16H,(H2,17,18,19,20). The molecule has 1 aromatic heterocycles. The molecule has 0 bridgehead atoms. The number of nitriles is 1. The molecule has 2 atom stereocenters. The van der Waals surface area contributed by atoms with Gasteiger partial charge in [-0.3, -0.25) is 20.2 Å². The van der Waals surface area contributed by atoms with Crippen molar-refractivity contribution < 1.29 is 4.74 Å². The lowest BCUT2D eigenvalue weighted by Crippen LogP contribution is -2.38. The van der Waals surface area contributed by atoms with E-state index >= 15 is 0 Å². The summed E-state index contributed by atoms with van der Waals surface area (Å²) in [7, 11) is 0. The molecule has 2 unspecified atom stereocenters. The number of aromatic nitrogens is 2. The lowest BCUT2D eigenvalue weighted by Gasteiger charge is -2.28. The Hall–Kier alpha value is -3.14. The minimum Gasteiger partial charge on any atom is -0.425 e. The normalized spacial score (nSPS) is 20.2. The van der Waals surface area contributed by atoms with Gasteiger partial charge in [-0.15, -0.1) is 0 Å². The second-order valence-electron chi connectivity index (χ2n) is 4.61. The van der Waals surface area contributed by atoms with Crippen LogP contribution in [0.15, 0.2) is 39.9 Å². The van der Waals surface area contributed by atoms with Crippen molar-refractivity contribution in [2.45, 2.75) is 5.92 Å². The van der Waals surface area contributed by atoms with E-state index in [-0.39, 0.29) is 17.3 Å². The SMILES string of the molecule is N#CC1C(=N)Oc2[nH]c(=O)[nH]c(=O)c2C1c1ccccc1. The molecule has 1 aliphatic rings. The van der Waals surface area contributed by atoms with Crippen LogP contribution in [0.1, 0.15) is 17.0 Å². The van der Waals surface area contributed by atoms with Gasteiger partial charge in [0.05, 0.1) is 11.6 Å². The number of nitrogens with zero attached hydrogens (tertiary/aromatic N) is 1. The van der Waals surface area contributed by atoms with E-state index in [0.29, 0.717) is 5.56 Å². The van der Waals surface area contributed by atoms with Crippen LogP contribution in [0.2, 0.25) is 0 Å². The molecule has 3 rings (SSSR count). The predicted molar refractivity (Wildman–Crippen MR) is 73.4 cm³/mol. The monoisotopic (exact) mass is 282 g/mol. The second-order valence-corrected chi connectivity index (χ2v) is 4.61. The summed E-state index contributed by atoms with van der Waals surface area (Å²) in [5.74, 6) is -1.95. The molecule has 0 radical (unpaired) electrons. The van der Waals surface area contributed by atoms with E-state index in [0.717, 1.165) is 0 Å². The quantitative estimate of drug-likeness (QED) is 0.712. The molecular formula is C14H10N4O3. The molecule has 2 heterocycles. The molecule has 3 N–H and O–H groups in total. The minimum atomic E-state index is -0.924. The van der Waals surface area contributed by atoms with E-state index in [4.69, 9.17) is 10.1 Å². The van der Waals surface area contributed by atoms with E-state index in [9.17, 15) is 14.9 Å². The van der Waals surface area contributed by atoms with Gasteiger partial charge in [-0.2, -0.15) is 5.26 Å². The van der Waals surface area contributed by atoms with Gasteiger partial charge in [-0.05, 0) is 5.56 Å². The highest BCUT2D eigenvalue weighted by molar-refractivity contribution is 5.84. The molecule has 0 saturated heterocycles. The highest BCUT2D eigenvalue weighted by Gasteiger charge is 2.39. The summed E-state index contributed by atoms with van der Waals surface area (Å²) < 4.78 is 5.13. The maximum absolute atomic E-state index is 12.1. The van der Waals surface area contributed by atoms with Gasteiger partial charge >= 0.3 is 5.69 Å². The number of fused-ring (bicyclic) bond motifs is 1. The maximum atomic E-state index is 12.1. The molecule has 7 heteroatoms. The first-order valence-electron chi connectivity index (χ1n) is 6.19. The first-order chi connectivity index (χ1) is 10.1. The summed E-state index contributed by atoms with van der Waals surface area (Å²) in [5, 5.41) is 17.1. The first kappa shape index (κ1) is 12.9. The Morgan fingerprint density at radius 2 is 1.90 bits per heavy atom. The zero-order valence-corrected chi connectivity index (χ0v) is 10.7. The second kappa shape index (κ2) is 4.76. The zero-order valence-electron chi connectivity index (χ0n) is 10.7. The first-order valence-corrected chi connectivity index (χ1v) is 6.19. The Kier molecular flexibility index (Phi) is 2.92. The Balaban J connectivity index is 2.31. The van der Waals surface area contributed by atoms with E-state index < -0.39 is 23.1 Å². The summed E-state index contributed by atoms with van der Waals surface area (Å²) in [5.41, 5.74) is -0.469. The Morgan fingerprint density at radius 1 is 1.19 bits per heavy atom. The zero-order chi connectivity index (χ0) is 15.0. The van der Waals surface area contributed by atoms with Crippen LogP contribution in [0, 0.1) is 22.7 Å². The lowest BCUT2D eigenvalue weighted by molar-refractivity contribution is 0.427. The van der Waals surface area contributed by atoms with E-state index in [1.807, 2.05) is 12.1 Å². The van der Waals surface area contributed by atoms with Crippen molar-refractivity contribution in [1.29, 1.82) is 10.7 Å². The van der Waals surface area contributed by atoms with E-state index in [2.05, 4.69) is 9.97 Å². The highest BCUT2D eigenvalue weighted by Crippen LogP contribution is 2.38. The van der Waals surface area contributed by atoms with Crippen molar-refractivity contribution in [3.05, 3.63) is 62.3 Å². The van der Waals surface area contributed by atoms with Crippen LogP contribution < -0.4 is 16.0 Å². The maximum Gasteiger partial charge on any atom is 0.328 e. The lowest BCUT2D eigenvalue weighted by atomic mass is 9.80. The van der Waals surface area contributed by atoms with Crippen LogP contribution in [-0.2, 0) is 0 Å². The number of rotatable bonds is 1. The summed E-state index contributed by atoms with van der Waals surface area (Å²) in [6.45, 7) is 0. The molecule has 104 valence electrons. The topological polar surface area (TPSA) is 123 Å². The van der Waals surface area contributed by atoms with Crippen LogP contribution in [0.4, 0.5) is 0 Å². The minimum absolute atomic E-state index is 0.0749. The molecule has 0 aliphatic carbocycles. The number of aromatic amines is 2. The number of nitrogens with one attached hydrogen (secondary N) is 3. The van der Waals surface area contributed by atoms with Crippen LogP contribution in [-0.4, -0.2) is 15.9 Å². The van der Waals surface area contributed by atoms with Crippen molar-refractivity contribution in [1.82, 2.24) is 9.97 Å². The molecule has 2 aromatic rings. The van der Waals surface area contributed by atoms with Crippen molar-refractivity contribution in [3.63, 3.8) is 0 Å². The fourth-order valence-corrected chi connectivity index (χ4v) is 2.48. The molecular weight excluding hydrogens is 272 g/mol. The van der Waals surface area contributed by atoms with Crippen LogP contribution >= 0.6 is 0 Å². The van der Waals surface area contributed by atoms with Gasteiger partial charge < -0.3 is 4.74 Å². The third-order valence-corrected chi connectivity index (χ3v) is 3.38. The Bertz CT molecular complexity index is 860. The third kappa shape index (κ3) is 2.03. The average molecular weight is 282 g/mol. The molecule has 1 aromatic carbocycles. The molecule has 0 spiro atoms. The number of benzene rings is 1. The summed E-state index contributed by atoms with van der Waals surface area (Å²) in [4.78, 5) is 27.9. The number of hydrogen-bond acceptors (Lipinski definition) is 5. The molecule has 7 nitrogen and oxygen atoms in total. The van der Waals surface area contributed by atoms with E-state index in [1.54, 1.807) is 24.3 Å². The van der Waals surface area contributed by atoms with Gasteiger partial charge in [0.1, 0.15) is 5.92 Å². The van der Waals surface area contributed by atoms with Crippen molar-refractivity contribution >= 4 is 5.90 Å². The fourth-order valence-electron chi connectivity index (χ4n) is 2.48. The summed E-state index contributed by atoms with van der Waals surface area (Å²) in [6, 6.07) is 10.9. The molecule has 0 amide bonds. The van der Waals surface area contributed by atoms with Crippen molar-refractivity contribution in [2.24, 2.45) is 5.92 Å². The van der Waals surface area contributed by atoms with Gasteiger partial charge in [0, 0.05) is 5.92 Å². The fraction of sp³-hybridized carbons (Fsp3) is 0.143. The van der Waals surface area contributed by atoms with Crippen molar-refractivity contribution in [3.8, 4) is 11.9 Å². The number of ether oxygens (including phenoxy) is 1. The van der Waals surface area contributed by atoms with Crippen LogP contribution in [0.25, 0.3) is 0 Å². The third-order valence-electron chi connectivity index (χ3n) is 3.38. The van der Waals surface area contributed by atoms with Gasteiger partial charge in [-0.25, -0.2) is 4.79 Å². The molecule has 21 heavy (non-hydrogen) atoms. The highest BCUT2D eigenvalue weighted by atomic mass is 16.5. The summed E-state index contributed by atoms with van der Waals surface area (Å²) >= 11 is 0. The molecule has 0 fully saturated rings. The van der Waals surface area contributed by atoms with Gasteiger partial charge in [-0.1, -0.05) is 30.3 Å². The van der Waals surface area contributed by atoms with Gasteiger partial charge in [0.2, 0.25) is 11.8 Å². The average Bonchev–Trinajstić information content (AvgIpc) is 2.46. The van der Waals surface area contributed by atoms with Crippen molar-refractivity contribution in [2.75, 3.05) is 0 Å². The molecule has 1 aliphatic heterocycles. The van der Waals surface area contributed by atoms with Gasteiger partial charge in [0.25, 0.3) is 5.56 Å². The van der Waals surface area contributed by atoms with E-state index in [1.165, 1.54) is 0 Å². The summed E-state index contributed by atoms with van der Waals surface area (Å²) in [6.07, 6.45) is 0. The van der Waals surface area contributed by atoms with Crippen LogP contribution in [0.3, 0.4) is 0 Å². The number of H-pyrrole nitrogens is 2. The van der Waals surface area contributed by atoms with Crippen LogP contribution in [0.5, 0.6) is 5.88 Å². The largest absolute Gasteiger partial charge is 0.425 e. The Labute approximate surface area is 118 Å². The predicted octanol–water partition coefficient (Wildman–Crippen LogP) is 0.705. The Morgan fingerprint density at radius 3 is 2.57 bits per heavy atom. The smallest absolute Gasteiger partial charge is 0.328 e. The molecule has 0 saturated carbocycles.